The highest BCUT2D eigenvalue weighted by Gasteiger charge is 2.34. The lowest BCUT2D eigenvalue weighted by atomic mass is 10.1. The second kappa shape index (κ2) is 10.4. The number of aromatic nitrogens is 1. The van der Waals surface area contributed by atoms with Gasteiger partial charge in [0.2, 0.25) is 11.8 Å². The normalized spacial score (nSPS) is 16.5. The summed E-state index contributed by atoms with van der Waals surface area (Å²) in [6, 6.07) is 7.53. The largest absolute Gasteiger partial charge is 0.340 e. The van der Waals surface area contributed by atoms with Crippen LogP contribution in [0.15, 0.2) is 29.6 Å². The maximum absolute atomic E-state index is 12.9. The monoisotopic (exact) mass is 469 g/mol. The molecule has 1 aliphatic heterocycles. The van der Waals surface area contributed by atoms with Crippen LogP contribution in [0.5, 0.6) is 0 Å². The maximum Gasteiger partial charge on any atom is 0.254 e. The molecule has 2 fully saturated rings. The van der Waals surface area contributed by atoms with Crippen molar-refractivity contribution in [3.8, 4) is 0 Å². The van der Waals surface area contributed by atoms with Crippen molar-refractivity contribution < 1.29 is 14.4 Å². The molecule has 2 aliphatic rings. The van der Waals surface area contributed by atoms with Crippen LogP contribution in [0.25, 0.3) is 0 Å². The van der Waals surface area contributed by atoms with Crippen molar-refractivity contribution in [2.24, 2.45) is 0 Å². The molecule has 0 unspecified atom stereocenters. The van der Waals surface area contributed by atoms with Gasteiger partial charge in [0.15, 0.2) is 5.13 Å². The molecule has 0 spiro atoms. The summed E-state index contributed by atoms with van der Waals surface area (Å²) in [6.07, 6.45) is 2.07. The molecule has 1 saturated carbocycles. The first-order chi connectivity index (χ1) is 15.9. The van der Waals surface area contributed by atoms with Gasteiger partial charge in [0.05, 0.1) is 12.1 Å². The van der Waals surface area contributed by atoms with Gasteiger partial charge in [-0.05, 0) is 38.4 Å². The molecule has 8 nitrogen and oxygen atoms in total. The molecular weight excluding hydrogens is 438 g/mol. The Morgan fingerprint density at radius 2 is 1.82 bits per heavy atom. The van der Waals surface area contributed by atoms with Gasteiger partial charge in [-0.3, -0.25) is 14.4 Å². The van der Waals surface area contributed by atoms with E-state index < -0.39 is 0 Å². The Balaban J connectivity index is 1.30. The van der Waals surface area contributed by atoms with Gasteiger partial charge in [0.1, 0.15) is 6.54 Å². The highest BCUT2D eigenvalue weighted by Crippen LogP contribution is 2.28. The van der Waals surface area contributed by atoms with Gasteiger partial charge in [-0.15, -0.1) is 11.3 Å². The fourth-order valence-corrected chi connectivity index (χ4v) is 4.68. The van der Waals surface area contributed by atoms with Gasteiger partial charge in [0, 0.05) is 43.2 Å². The van der Waals surface area contributed by atoms with Crippen LogP contribution in [0.3, 0.4) is 0 Å². The Kier molecular flexibility index (Phi) is 7.39. The number of thiazole rings is 1. The van der Waals surface area contributed by atoms with E-state index in [0.29, 0.717) is 16.4 Å². The number of amides is 3. The summed E-state index contributed by atoms with van der Waals surface area (Å²) in [6.45, 7) is 8.39. The number of aryl methyl sites for hydroxylation is 1. The molecule has 4 rings (SSSR count). The fourth-order valence-electron chi connectivity index (χ4n) is 3.95. The highest BCUT2D eigenvalue weighted by molar-refractivity contribution is 7.13. The molecule has 9 heteroatoms. The SMILES string of the molecule is CCN1CCN(C(=O)Cc2csc(NC(=O)CN(C(=O)c3ccc(C)cc3)C3CC3)n2)CC1. The van der Waals surface area contributed by atoms with Crippen molar-refractivity contribution in [3.05, 3.63) is 46.5 Å². The number of anilines is 1. The third-order valence-electron chi connectivity index (χ3n) is 6.16. The Morgan fingerprint density at radius 3 is 2.45 bits per heavy atom. The summed E-state index contributed by atoms with van der Waals surface area (Å²) >= 11 is 1.30. The summed E-state index contributed by atoms with van der Waals surface area (Å²) in [4.78, 5) is 48.5. The van der Waals surface area contributed by atoms with Gasteiger partial charge < -0.3 is 20.0 Å². The average molecular weight is 470 g/mol. The molecule has 33 heavy (non-hydrogen) atoms. The first-order valence-electron chi connectivity index (χ1n) is 11.5. The molecule has 3 amide bonds. The lowest BCUT2D eigenvalue weighted by molar-refractivity contribution is -0.132. The molecule has 0 atom stereocenters. The first-order valence-corrected chi connectivity index (χ1v) is 12.4. The topological polar surface area (TPSA) is 85.9 Å². The third kappa shape index (κ3) is 6.17. The molecule has 2 aromatic rings. The number of nitrogens with one attached hydrogen (secondary N) is 1. The Hall–Kier alpha value is -2.78. The molecule has 2 heterocycles. The lowest BCUT2D eigenvalue weighted by Gasteiger charge is -2.34. The minimum absolute atomic E-state index is 0.00702. The number of hydrogen-bond donors (Lipinski definition) is 1. The average Bonchev–Trinajstić information content (AvgIpc) is 3.57. The van der Waals surface area contributed by atoms with Gasteiger partial charge in [-0.1, -0.05) is 24.6 Å². The van der Waals surface area contributed by atoms with E-state index in [0.717, 1.165) is 51.1 Å². The predicted octanol–water partition coefficient (Wildman–Crippen LogP) is 2.40. The molecule has 1 aromatic heterocycles. The number of carbonyl (C=O) groups excluding carboxylic acids is 3. The van der Waals surface area contributed by atoms with E-state index in [2.05, 4.69) is 22.1 Å². The van der Waals surface area contributed by atoms with Gasteiger partial charge in [0.25, 0.3) is 5.91 Å². The Bertz CT molecular complexity index is 994. The minimum atomic E-state index is -0.273. The van der Waals surface area contributed by atoms with Crippen LogP contribution >= 0.6 is 11.3 Å². The number of carbonyl (C=O) groups is 3. The lowest BCUT2D eigenvalue weighted by Crippen LogP contribution is -2.48. The zero-order chi connectivity index (χ0) is 23.4. The summed E-state index contributed by atoms with van der Waals surface area (Å²) in [5.41, 5.74) is 2.34. The second-order valence-corrected chi connectivity index (χ2v) is 9.57. The third-order valence-corrected chi connectivity index (χ3v) is 6.97. The number of nitrogens with zero attached hydrogens (tertiary/aromatic N) is 4. The standard InChI is InChI=1S/C24H31N5O3S/c1-3-27-10-12-28(13-11-27)22(31)14-19-16-33-24(25-19)26-21(30)15-29(20-8-9-20)23(32)18-6-4-17(2)5-7-18/h4-7,16,20H,3,8-15H2,1-2H3,(H,25,26,30). The van der Waals surface area contributed by atoms with E-state index in [1.54, 1.807) is 17.0 Å². The van der Waals surface area contributed by atoms with Crippen LogP contribution < -0.4 is 5.32 Å². The van der Waals surface area contributed by atoms with E-state index in [1.165, 1.54) is 11.3 Å². The van der Waals surface area contributed by atoms with Crippen molar-refractivity contribution in [1.82, 2.24) is 19.7 Å². The zero-order valence-corrected chi connectivity index (χ0v) is 20.1. The zero-order valence-electron chi connectivity index (χ0n) is 19.2. The van der Waals surface area contributed by atoms with Crippen molar-refractivity contribution in [1.29, 1.82) is 0 Å². The number of benzene rings is 1. The van der Waals surface area contributed by atoms with Crippen molar-refractivity contribution in [3.63, 3.8) is 0 Å². The quantitative estimate of drug-likeness (QED) is 0.642. The summed E-state index contributed by atoms with van der Waals surface area (Å²) in [5, 5.41) is 5.07. The predicted molar refractivity (Wildman–Crippen MR) is 128 cm³/mol. The van der Waals surface area contributed by atoms with E-state index >= 15 is 0 Å². The molecule has 176 valence electrons. The molecule has 0 bridgehead atoms. The smallest absolute Gasteiger partial charge is 0.254 e. The Labute approximate surface area is 198 Å². The molecule has 1 saturated heterocycles. The fraction of sp³-hybridized carbons (Fsp3) is 0.500. The van der Waals surface area contributed by atoms with Crippen molar-refractivity contribution >= 4 is 34.2 Å². The highest BCUT2D eigenvalue weighted by atomic mass is 32.1. The molecule has 0 radical (unpaired) electrons. The number of hydrogen-bond acceptors (Lipinski definition) is 6. The molecular formula is C24H31N5O3S. The van der Waals surface area contributed by atoms with Crippen LogP contribution in [0.2, 0.25) is 0 Å². The first kappa shape index (κ1) is 23.4. The van der Waals surface area contributed by atoms with E-state index in [-0.39, 0.29) is 36.7 Å². The number of likely N-dealkylation sites (N-methyl/N-ethyl adjacent to an activating group) is 1. The van der Waals surface area contributed by atoms with Crippen LogP contribution in [-0.4, -0.2) is 82.7 Å². The molecule has 1 N–H and O–H groups in total. The van der Waals surface area contributed by atoms with Crippen LogP contribution in [0, 0.1) is 6.92 Å². The number of piperazine rings is 1. The minimum Gasteiger partial charge on any atom is -0.340 e. The Morgan fingerprint density at radius 1 is 1.12 bits per heavy atom. The maximum atomic E-state index is 12.9. The van der Waals surface area contributed by atoms with Crippen LogP contribution in [0.1, 0.15) is 41.4 Å². The van der Waals surface area contributed by atoms with Crippen molar-refractivity contribution in [2.45, 2.75) is 39.2 Å². The summed E-state index contributed by atoms with van der Waals surface area (Å²) < 4.78 is 0. The van der Waals surface area contributed by atoms with Gasteiger partial charge in [-0.2, -0.15) is 0 Å². The van der Waals surface area contributed by atoms with E-state index in [4.69, 9.17) is 0 Å². The number of rotatable bonds is 8. The molecule has 1 aliphatic carbocycles. The van der Waals surface area contributed by atoms with E-state index in [9.17, 15) is 14.4 Å². The molecule has 1 aromatic carbocycles. The van der Waals surface area contributed by atoms with Gasteiger partial charge >= 0.3 is 0 Å². The van der Waals surface area contributed by atoms with E-state index in [1.807, 2.05) is 29.3 Å². The van der Waals surface area contributed by atoms with Gasteiger partial charge in [-0.25, -0.2) is 4.98 Å². The summed E-state index contributed by atoms with van der Waals surface area (Å²) in [7, 11) is 0. The van der Waals surface area contributed by atoms with Crippen molar-refractivity contribution in [2.75, 3.05) is 44.6 Å². The second-order valence-electron chi connectivity index (χ2n) is 8.71. The van der Waals surface area contributed by atoms with Crippen LogP contribution in [0.4, 0.5) is 5.13 Å². The van der Waals surface area contributed by atoms with Crippen LogP contribution in [-0.2, 0) is 16.0 Å². The summed E-state index contributed by atoms with van der Waals surface area (Å²) in [5.74, 6) is -0.330.